The average molecular weight is 427 g/mol. The molecule has 0 unspecified atom stereocenters. The number of non-ortho nitro benzene ring substituents is 1. The molecule has 0 fully saturated rings. The molecule has 0 saturated carbocycles. The first kappa shape index (κ1) is 19.9. The van der Waals surface area contributed by atoms with Crippen LogP contribution in [0.15, 0.2) is 41.3 Å². The molecule has 0 saturated heterocycles. The van der Waals surface area contributed by atoms with E-state index in [-0.39, 0.29) is 17.2 Å². The largest absolute Gasteiger partial charge is 0.452 e. The molecule has 0 radical (unpaired) electrons. The number of hydrogen-bond acceptors (Lipinski definition) is 7. The third-order valence-electron chi connectivity index (χ3n) is 4.87. The van der Waals surface area contributed by atoms with E-state index in [4.69, 9.17) is 4.74 Å². The molecule has 4 rings (SSSR count). The molecule has 2 amide bonds. The predicted molar refractivity (Wildman–Crippen MR) is 110 cm³/mol. The topological polar surface area (TPSA) is 119 Å². The molecule has 1 N–H and O–H groups in total. The number of rotatable bonds is 4. The maximum Gasteiger partial charge on any atom is 0.338 e. The van der Waals surface area contributed by atoms with Gasteiger partial charge in [0.25, 0.3) is 11.6 Å². The van der Waals surface area contributed by atoms with E-state index < -0.39 is 23.4 Å². The number of benzene rings is 2. The number of ether oxygens (including phenoxy) is 1. The second-order valence-electron chi connectivity index (χ2n) is 6.84. The van der Waals surface area contributed by atoms with Gasteiger partial charge in [0.15, 0.2) is 6.61 Å². The minimum absolute atomic E-state index is 0.0212. The van der Waals surface area contributed by atoms with Crippen molar-refractivity contribution in [2.24, 2.45) is 0 Å². The van der Waals surface area contributed by atoms with E-state index in [0.717, 1.165) is 10.5 Å². The van der Waals surface area contributed by atoms with Gasteiger partial charge in [-0.3, -0.25) is 19.7 Å². The number of aryl methyl sites for hydroxylation is 1. The van der Waals surface area contributed by atoms with E-state index in [2.05, 4.69) is 5.32 Å². The first-order chi connectivity index (χ1) is 14.4. The van der Waals surface area contributed by atoms with Crippen LogP contribution in [0.5, 0.6) is 0 Å². The molecule has 2 aliphatic rings. The summed E-state index contributed by atoms with van der Waals surface area (Å²) >= 11 is 1.38. The van der Waals surface area contributed by atoms with Gasteiger partial charge in [-0.15, -0.1) is 11.8 Å². The molecular weight excluding hydrogens is 410 g/mol. The number of hydrogen-bond donors (Lipinski definition) is 1. The Morgan fingerprint density at radius 1 is 1.23 bits per heavy atom. The molecule has 2 aromatic rings. The molecule has 10 heteroatoms. The monoisotopic (exact) mass is 427 g/mol. The molecular formula is C20H17N3O6S. The Bertz CT molecular complexity index is 1070. The number of carbonyl (C=O) groups is 3. The fourth-order valence-corrected chi connectivity index (χ4v) is 4.24. The van der Waals surface area contributed by atoms with Crippen LogP contribution >= 0.6 is 11.8 Å². The summed E-state index contributed by atoms with van der Waals surface area (Å²) in [5.74, 6) is -0.889. The summed E-state index contributed by atoms with van der Waals surface area (Å²) in [6, 6.07) is 9.23. The smallest absolute Gasteiger partial charge is 0.338 e. The summed E-state index contributed by atoms with van der Waals surface area (Å²) in [6.07, 6.45) is 1.30. The third-order valence-corrected chi connectivity index (χ3v) is 5.94. The lowest BCUT2D eigenvalue weighted by molar-refractivity contribution is -0.384. The molecule has 2 heterocycles. The normalized spacial score (nSPS) is 14.9. The summed E-state index contributed by atoms with van der Waals surface area (Å²) in [5, 5.41) is 13.7. The summed E-state index contributed by atoms with van der Waals surface area (Å²) < 4.78 is 5.18. The van der Waals surface area contributed by atoms with Gasteiger partial charge in [0, 0.05) is 29.3 Å². The molecule has 30 heavy (non-hydrogen) atoms. The molecule has 2 aromatic carbocycles. The van der Waals surface area contributed by atoms with E-state index in [1.54, 1.807) is 18.2 Å². The van der Waals surface area contributed by atoms with Gasteiger partial charge in [0.1, 0.15) is 0 Å². The lowest BCUT2D eigenvalue weighted by Crippen LogP contribution is -2.38. The van der Waals surface area contributed by atoms with Gasteiger partial charge in [0.2, 0.25) is 5.91 Å². The number of fused-ring (bicyclic) bond motifs is 2. The number of carbonyl (C=O) groups excluding carboxylic acids is 3. The van der Waals surface area contributed by atoms with E-state index in [1.165, 1.54) is 34.9 Å². The van der Waals surface area contributed by atoms with E-state index in [0.29, 0.717) is 36.5 Å². The molecule has 0 atom stereocenters. The van der Waals surface area contributed by atoms with E-state index >= 15 is 0 Å². The Morgan fingerprint density at radius 3 is 2.87 bits per heavy atom. The van der Waals surface area contributed by atoms with Gasteiger partial charge >= 0.3 is 5.97 Å². The van der Waals surface area contributed by atoms with Crippen molar-refractivity contribution in [3.63, 3.8) is 0 Å². The van der Waals surface area contributed by atoms with Gasteiger partial charge in [-0.25, -0.2) is 4.79 Å². The highest BCUT2D eigenvalue weighted by Gasteiger charge is 2.25. The van der Waals surface area contributed by atoms with Crippen LogP contribution in [0.4, 0.5) is 17.1 Å². The zero-order valence-electron chi connectivity index (χ0n) is 15.8. The van der Waals surface area contributed by atoms with Crippen LogP contribution in [0.3, 0.4) is 0 Å². The summed E-state index contributed by atoms with van der Waals surface area (Å²) in [7, 11) is 0. The first-order valence-corrected chi connectivity index (χ1v) is 10.2. The Balaban J connectivity index is 1.43. The molecule has 0 bridgehead atoms. The maximum absolute atomic E-state index is 12.6. The van der Waals surface area contributed by atoms with Crippen LogP contribution in [0, 0.1) is 10.1 Å². The maximum atomic E-state index is 12.6. The number of nitro groups is 1. The minimum atomic E-state index is -0.670. The first-order valence-electron chi connectivity index (χ1n) is 9.24. The van der Waals surface area contributed by atoms with Crippen molar-refractivity contribution in [3.05, 3.63) is 57.6 Å². The minimum Gasteiger partial charge on any atom is -0.452 e. The fraction of sp³-hybridized carbons (Fsp3) is 0.250. The zero-order valence-corrected chi connectivity index (χ0v) is 16.6. The van der Waals surface area contributed by atoms with Crippen molar-refractivity contribution < 1.29 is 24.0 Å². The quantitative estimate of drug-likeness (QED) is 0.453. The van der Waals surface area contributed by atoms with Crippen molar-refractivity contribution in [1.82, 2.24) is 0 Å². The van der Waals surface area contributed by atoms with Crippen molar-refractivity contribution in [2.45, 2.75) is 17.7 Å². The van der Waals surface area contributed by atoms with E-state index in [1.807, 2.05) is 0 Å². The Kier molecular flexibility index (Phi) is 5.40. The van der Waals surface area contributed by atoms with Gasteiger partial charge in [0.05, 0.1) is 21.9 Å². The van der Waals surface area contributed by atoms with Crippen LogP contribution in [0.1, 0.15) is 22.3 Å². The number of amides is 2. The Hall–Kier alpha value is -3.40. The van der Waals surface area contributed by atoms with Crippen LogP contribution in [-0.4, -0.2) is 41.6 Å². The van der Waals surface area contributed by atoms with Gasteiger partial charge in [-0.05, 0) is 42.7 Å². The summed E-state index contributed by atoms with van der Waals surface area (Å²) in [4.78, 5) is 49.4. The highest BCUT2D eigenvalue weighted by molar-refractivity contribution is 8.00. The lowest BCUT2D eigenvalue weighted by atomic mass is 10.0. The zero-order chi connectivity index (χ0) is 21.3. The summed E-state index contributed by atoms with van der Waals surface area (Å²) in [5.41, 5.74) is 2.08. The average Bonchev–Trinajstić information content (AvgIpc) is 2.75. The molecule has 9 nitrogen and oxygen atoms in total. The standard InChI is InChI=1S/C20H17N3O6S/c24-18-11-30-17-6-3-13(9-15(17)21-18)20(26)29-10-19(25)22-7-1-2-12-8-14(23(27)28)4-5-16(12)22/h3-6,8-9H,1-2,7,10-11H2,(H,21,24). The molecule has 0 aliphatic carbocycles. The highest BCUT2D eigenvalue weighted by atomic mass is 32.2. The van der Waals surface area contributed by atoms with Crippen LogP contribution in [-0.2, 0) is 20.7 Å². The number of nitrogens with one attached hydrogen (secondary N) is 1. The second-order valence-corrected chi connectivity index (χ2v) is 7.86. The Labute approximate surface area is 175 Å². The van der Waals surface area contributed by atoms with Crippen LogP contribution in [0.2, 0.25) is 0 Å². The Morgan fingerprint density at radius 2 is 2.07 bits per heavy atom. The van der Waals surface area contributed by atoms with E-state index in [9.17, 15) is 24.5 Å². The van der Waals surface area contributed by atoms with Crippen molar-refractivity contribution in [3.8, 4) is 0 Å². The number of nitrogens with zero attached hydrogens (tertiary/aromatic N) is 2. The lowest BCUT2D eigenvalue weighted by Gasteiger charge is -2.29. The van der Waals surface area contributed by atoms with Crippen LogP contribution in [0.25, 0.3) is 0 Å². The number of esters is 1. The SMILES string of the molecule is O=C1CSc2ccc(C(=O)OCC(=O)N3CCCc4cc([N+](=O)[O-])ccc43)cc2N1. The molecule has 0 aromatic heterocycles. The second kappa shape index (κ2) is 8.15. The molecule has 2 aliphatic heterocycles. The highest BCUT2D eigenvalue weighted by Crippen LogP contribution is 2.32. The van der Waals surface area contributed by atoms with Gasteiger partial charge in [-0.2, -0.15) is 0 Å². The van der Waals surface area contributed by atoms with Gasteiger partial charge < -0.3 is 15.0 Å². The van der Waals surface area contributed by atoms with Crippen molar-refractivity contribution >= 4 is 46.6 Å². The number of anilines is 2. The van der Waals surface area contributed by atoms with Crippen LogP contribution < -0.4 is 10.2 Å². The predicted octanol–water partition coefficient (Wildman–Crippen LogP) is 2.78. The molecule has 0 spiro atoms. The van der Waals surface area contributed by atoms with Gasteiger partial charge in [-0.1, -0.05) is 0 Å². The molecule has 154 valence electrons. The van der Waals surface area contributed by atoms with Crippen molar-refractivity contribution in [1.29, 1.82) is 0 Å². The fourth-order valence-electron chi connectivity index (χ4n) is 3.45. The summed E-state index contributed by atoms with van der Waals surface area (Å²) in [6.45, 7) is -0.00322. The third kappa shape index (κ3) is 3.99. The number of nitro benzene ring substituents is 1. The van der Waals surface area contributed by atoms with Crippen molar-refractivity contribution in [2.75, 3.05) is 29.1 Å². The number of thioether (sulfide) groups is 1.